The minimum Gasteiger partial charge on any atom is -0.495 e. The summed E-state index contributed by atoms with van der Waals surface area (Å²) in [5.41, 5.74) is 2.09. The van der Waals surface area contributed by atoms with Gasteiger partial charge in [-0.05, 0) is 25.1 Å². The van der Waals surface area contributed by atoms with Crippen LogP contribution in [-0.4, -0.2) is 49.2 Å². The Morgan fingerprint density at radius 1 is 1.37 bits per heavy atom. The fraction of sp³-hybridized carbons (Fsp3) is 0.294. The predicted molar refractivity (Wildman–Crippen MR) is 104 cm³/mol. The van der Waals surface area contributed by atoms with Gasteiger partial charge in [0.05, 0.1) is 19.2 Å². The molecule has 0 fully saturated rings. The number of hydrogen-bond acceptors (Lipinski definition) is 6. The Morgan fingerprint density at radius 2 is 2.11 bits per heavy atom. The van der Waals surface area contributed by atoms with Crippen molar-refractivity contribution < 1.29 is 17.9 Å². The highest BCUT2D eigenvalue weighted by Crippen LogP contribution is 2.29. The molecule has 10 heteroatoms. The molecule has 0 aliphatic rings. The number of sulfonamides is 1. The van der Waals surface area contributed by atoms with Crippen molar-refractivity contribution in [2.75, 3.05) is 26.5 Å². The van der Waals surface area contributed by atoms with Gasteiger partial charge in [0.15, 0.2) is 4.96 Å². The van der Waals surface area contributed by atoms with Gasteiger partial charge in [-0.25, -0.2) is 17.7 Å². The molecule has 0 saturated carbocycles. The summed E-state index contributed by atoms with van der Waals surface area (Å²) in [6.07, 6.45) is 2.03. The van der Waals surface area contributed by atoms with E-state index in [0.29, 0.717) is 5.69 Å². The van der Waals surface area contributed by atoms with Crippen LogP contribution in [0.1, 0.15) is 11.4 Å². The minimum atomic E-state index is -3.71. The Labute approximate surface area is 161 Å². The molecule has 2 aromatic heterocycles. The largest absolute Gasteiger partial charge is 0.495 e. The lowest BCUT2D eigenvalue weighted by atomic mass is 10.2. The van der Waals surface area contributed by atoms with E-state index in [1.165, 1.54) is 44.7 Å². The highest BCUT2D eigenvalue weighted by Gasteiger charge is 2.23. The van der Waals surface area contributed by atoms with Gasteiger partial charge in [0.25, 0.3) is 0 Å². The Hall–Kier alpha value is -2.43. The number of carbonyl (C=O) groups excluding carboxylic acids is 1. The Bertz CT molecular complexity index is 1100. The molecular weight excluding hydrogens is 388 g/mol. The molecule has 0 radical (unpaired) electrons. The molecule has 3 aromatic rings. The smallest absolute Gasteiger partial charge is 0.246 e. The van der Waals surface area contributed by atoms with Gasteiger partial charge in [-0.2, -0.15) is 0 Å². The summed E-state index contributed by atoms with van der Waals surface area (Å²) >= 11 is 1.47. The van der Waals surface area contributed by atoms with E-state index in [1.54, 1.807) is 6.07 Å². The topological polar surface area (TPSA) is 93.0 Å². The van der Waals surface area contributed by atoms with Crippen LogP contribution in [0.5, 0.6) is 5.75 Å². The van der Waals surface area contributed by atoms with Crippen LogP contribution < -0.4 is 10.1 Å². The Kier molecular flexibility index (Phi) is 5.22. The summed E-state index contributed by atoms with van der Waals surface area (Å²) in [7, 11) is 0.571. The fourth-order valence-corrected chi connectivity index (χ4v) is 4.58. The maximum atomic E-state index is 12.5. The van der Waals surface area contributed by atoms with Gasteiger partial charge in [-0.15, -0.1) is 11.3 Å². The van der Waals surface area contributed by atoms with Crippen molar-refractivity contribution in [3.8, 4) is 5.75 Å². The summed E-state index contributed by atoms with van der Waals surface area (Å²) in [5.74, 6) is -0.0328. The molecule has 3 rings (SSSR count). The number of fused-ring (bicyclic) bond motifs is 1. The van der Waals surface area contributed by atoms with Crippen molar-refractivity contribution >= 4 is 37.9 Å². The molecule has 1 N–H and O–H groups in total. The number of imidazole rings is 1. The van der Waals surface area contributed by atoms with Crippen molar-refractivity contribution in [3.05, 3.63) is 41.2 Å². The van der Waals surface area contributed by atoms with Crippen LogP contribution in [-0.2, 0) is 21.2 Å². The van der Waals surface area contributed by atoms with E-state index < -0.39 is 10.0 Å². The number of nitrogens with zero attached hydrogens (tertiary/aromatic N) is 3. The number of benzene rings is 1. The number of carbonyl (C=O) groups is 1. The highest BCUT2D eigenvalue weighted by molar-refractivity contribution is 7.89. The average molecular weight is 409 g/mol. The summed E-state index contributed by atoms with van der Waals surface area (Å²) in [4.78, 5) is 17.6. The summed E-state index contributed by atoms with van der Waals surface area (Å²) in [6, 6.07) is 4.53. The average Bonchev–Trinajstić information content (AvgIpc) is 3.14. The molecule has 0 saturated heterocycles. The zero-order chi connectivity index (χ0) is 19.8. The molecule has 0 atom stereocenters. The SMILES string of the molecule is COc1ccc(NC(=O)Cc2csc3nc(C)cn23)cc1S(=O)(=O)N(C)C. The van der Waals surface area contributed by atoms with Crippen LogP contribution in [0, 0.1) is 6.92 Å². The van der Waals surface area contributed by atoms with Crippen molar-refractivity contribution in [2.24, 2.45) is 0 Å². The molecule has 0 unspecified atom stereocenters. The second kappa shape index (κ2) is 7.29. The number of amides is 1. The standard InChI is InChI=1S/C17H20N4O4S2/c1-11-9-21-13(10-26-17(21)18-11)8-16(22)19-12-5-6-14(25-4)15(7-12)27(23,24)20(2)3/h5-7,9-10H,8H2,1-4H3,(H,19,22). The minimum absolute atomic E-state index is 0.00374. The van der Waals surface area contributed by atoms with Crippen LogP contribution >= 0.6 is 11.3 Å². The number of methoxy groups -OCH3 is 1. The molecule has 0 aliphatic carbocycles. The Morgan fingerprint density at radius 3 is 2.78 bits per heavy atom. The van der Waals surface area contributed by atoms with Crippen molar-refractivity contribution in [2.45, 2.75) is 18.2 Å². The lowest BCUT2D eigenvalue weighted by Crippen LogP contribution is -2.23. The number of nitrogens with one attached hydrogen (secondary N) is 1. The van der Waals surface area contributed by atoms with E-state index in [-0.39, 0.29) is 23.0 Å². The van der Waals surface area contributed by atoms with Gasteiger partial charge in [0, 0.05) is 37.1 Å². The first-order valence-corrected chi connectivity index (χ1v) is 10.4. The third-order valence-electron chi connectivity index (χ3n) is 3.95. The molecule has 0 bridgehead atoms. The first-order chi connectivity index (χ1) is 12.7. The molecule has 27 heavy (non-hydrogen) atoms. The second-order valence-electron chi connectivity index (χ2n) is 6.14. The molecule has 1 amide bonds. The molecule has 2 heterocycles. The number of aryl methyl sites for hydroxylation is 1. The van der Waals surface area contributed by atoms with E-state index in [2.05, 4.69) is 10.3 Å². The van der Waals surface area contributed by atoms with Crippen molar-refractivity contribution in [3.63, 3.8) is 0 Å². The van der Waals surface area contributed by atoms with Crippen LogP contribution in [0.2, 0.25) is 0 Å². The summed E-state index contributed by atoms with van der Waals surface area (Å²) in [5, 5.41) is 4.63. The first kappa shape index (κ1) is 19.3. The van der Waals surface area contributed by atoms with E-state index in [9.17, 15) is 13.2 Å². The number of rotatable bonds is 6. The highest BCUT2D eigenvalue weighted by atomic mass is 32.2. The summed E-state index contributed by atoms with van der Waals surface area (Å²) in [6.45, 7) is 1.90. The van der Waals surface area contributed by atoms with Crippen LogP contribution in [0.15, 0.2) is 34.7 Å². The molecule has 1 aromatic carbocycles. The van der Waals surface area contributed by atoms with Gasteiger partial charge >= 0.3 is 0 Å². The predicted octanol–water partition coefficient (Wildman–Crippen LogP) is 2.14. The fourth-order valence-electron chi connectivity index (χ4n) is 2.59. The zero-order valence-corrected chi connectivity index (χ0v) is 17.0. The zero-order valence-electron chi connectivity index (χ0n) is 15.4. The molecule has 144 valence electrons. The molecule has 0 spiro atoms. The van der Waals surface area contributed by atoms with E-state index in [0.717, 1.165) is 20.7 Å². The Balaban J connectivity index is 1.83. The van der Waals surface area contributed by atoms with Gasteiger partial charge in [0.1, 0.15) is 10.6 Å². The number of anilines is 1. The monoisotopic (exact) mass is 408 g/mol. The van der Waals surface area contributed by atoms with Gasteiger partial charge in [-0.3, -0.25) is 9.20 Å². The second-order valence-corrected chi connectivity index (χ2v) is 9.10. The third kappa shape index (κ3) is 3.82. The van der Waals surface area contributed by atoms with Crippen LogP contribution in [0.4, 0.5) is 5.69 Å². The number of aromatic nitrogens is 2. The van der Waals surface area contributed by atoms with E-state index in [4.69, 9.17) is 4.74 Å². The third-order valence-corrected chi connectivity index (χ3v) is 6.68. The van der Waals surface area contributed by atoms with Gasteiger partial charge < -0.3 is 10.1 Å². The quantitative estimate of drug-likeness (QED) is 0.675. The number of thiazole rings is 1. The van der Waals surface area contributed by atoms with Crippen molar-refractivity contribution in [1.82, 2.24) is 13.7 Å². The number of hydrogen-bond donors (Lipinski definition) is 1. The van der Waals surface area contributed by atoms with Crippen LogP contribution in [0.3, 0.4) is 0 Å². The van der Waals surface area contributed by atoms with E-state index >= 15 is 0 Å². The van der Waals surface area contributed by atoms with Gasteiger partial charge in [0.2, 0.25) is 15.9 Å². The van der Waals surface area contributed by atoms with E-state index in [1.807, 2.05) is 22.9 Å². The lowest BCUT2D eigenvalue weighted by molar-refractivity contribution is -0.115. The molecule has 0 aliphatic heterocycles. The van der Waals surface area contributed by atoms with Crippen LogP contribution in [0.25, 0.3) is 4.96 Å². The first-order valence-electron chi connectivity index (χ1n) is 8.05. The maximum Gasteiger partial charge on any atom is 0.246 e. The number of ether oxygens (including phenoxy) is 1. The lowest BCUT2D eigenvalue weighted by Gasteiger charge is -2.16. The normalized spacial score (nSPS) is 11.9. The maximum absolute atomic E-state index is 12.5. The van der Waals surface area contributed by atoms with Gasteiger partial charge in [-0.1, -0.05) is 0 Å². The van der Waals surface area contributed by atoms with Crippen molar-refractivity contribution in [1.29, 1.82) is 0 Å². The molecule has 8 nitrogen and oxygen atoms in total. The molecular formula is C17H20N4O4S2. The summed E-state index contributed by atoms with van der Waals surface area (Å²) < 4.78 is 33.1.